The van der Waals surface area contributed by atoms with Gasteiger partial charge in [-0.1, -0.05) is 74.5 Å². The van der Waals surface area contributed by atoms with Gasteiger partial charge < -0.3 is 14.3 Å². The molecule has 1 saturated heterocycles. The molecule has 2 aromatic rings. The summed E-state index contributed by atoms with van der Waals surface area (Å²) in [5, 5.41) is 0. The number of hydrogen-bond donors (Lipinski definition) is 0. The SMILES string of the molecule is CC(C)(C=O)CC1OCC(c2ccccc2)(c2ccccc2)CO1. The van der Waals surface area contributed by atoms with E-state index in [1.165, 1.54) is 11.1 Å². The Morgan fingerprint density at radius 1 is 0.958 bits per heavy atom. The molecule has 0 spiro atoms. The van der Waals surface area contributed by atoms with Gasteiger partial charge in [0, 0.05) is 11.8 Å². The lowest BCUT2D eigenvalue weighted by atomic mass is 9.75. The van der Waals surface area contributed by atoms with Crippen molar-refractivity contribution in [3.05, 3.63) is 71.8 Å². The maximum atomic E-state index is 11.2. The van der Waals surface area contributed by atoms with E-state index in [9.17, 15) is 4.79 Å². The first-order valence-electron chi connectivity index (χ1n) is 8.36. The molecule has 3 heteroatoms. The highest BCUT2D eigenvalue weighted by Gasteiger charge is 2.41. The minimum absolute atomic E-state index is 0.315. The number of aldehydes is 1. The molecule has 1 aliphatic heterocycles. The van der Waals surface area contributed by atoms with Gasteiger partial charge in [0.25, 0.3) is 0 Å². The van der Waals surface area contributed by atoms with Gasteiger partial charge in [-0.25, -0.2) is 0 Å². The molecule has 24 heavy (non-hydrogen) atoms. The van der Waals surface area contributed by atoms with E-state index in [0.29, 0.717) is 19.6 Å². The van der Waals surface area contributed by atoms with Crippen molar-refractivity contribution < 1.29 is 14.3 Å². The topological polar surface area (TPSA) is 35.5 Å². The summed E-state index contributed by atoms with van der Waals surface area (Å²) in [4.78, 5) is 11.2. The van der Waals surface area contributed by atoms with Crippen LogP contribution in [0.25, 0.3) is 0 Å². The molecule has 126 valence electrons. The maximum absolute atomic E-state index is 11.2. The molecule has 0 aliphatic carbocycles. The third-order valence-electron chi connectivity index (χ3n) is 4.70. The van der Waals surface area contributed by atoms with E-state index >= 15 is 0 Å². The predicted molar refractivity (Wildman–Crippen MR) is 93.8 cm³/mol. The number of hydrogen-bond acceptors (Lipinski definition) is 3. The van der Waals surface area contributed by atoms with Crippen LogP contribution in [0.2, 0.25) is 0 Å². The highest BCUT2D eigenvalue weighted by molar-refractivity contribution is 5.57. The first kappa shape index (κ1) is 16.9. The molecule has 3 rings (SSSR count). The zero-order chi connectivity index (χ0) is 17.0. The van der Waals surface area contributed by atoms with Crippen LogP contribution in [0.5, 0.6) is 0 Å². The second-order valence-corrected chi connectivity index (χ2v) is 7.18. The van der Waals surface area contributed by atoms with Crippen molar-refractivity contribution in [1.29, 1.82) is 0 Å². The second kappa shape index (κ2) is 6.88. The first-order chi connectivity index (χ1) is 11.6. The van der Waals surface area contributed by atoms with Crippen LogP contribution in [0.3, 0.4) is 0 Å². The van der Waals surface area contributed by atoms with E-state index in [1.54, 1.807) is 0 Å². The van der Waals surface area contributed by atoms with Crippen LogP contribution in [0, 0.1) is 5.41 Å². The Morgan fingerprint density at radius 3 is 1.83 bits per heavy atom. The van der Waals surface area contributed by atoms with Crippen molar-refractivity contribution in [3.63, 3.8) is 0 Å². The standard InChI is InChI=1S/C21H24O3/c1-20(2,14-22)13-19-23-15-21(16-24-19,17-9-5-3-6-10-17)18-11-7-4-8-12-18/h3-12,14,19H,13,15-16H2,1-2H3. The van der Waals surface area contributed by atoms with Gasteiger partial charge in [0.1, 0.15) is 6.29 Å². The average molecular weight is 324 g/mol. The van der Waals surface area contributed by atoms with Crippen LogP contribution in [0.1, 0.15) is 31.4 Å². The van der Waals surface area contributed by atoms with E-state index in [4.69, 9.17) is 9.47 Å². The molecular weight excluding hydrogens is 300 g/mol. The van der Waals surface area contributed by atoms with E-state index in [-0.39, 0.29) is 11.7 Å². The zero-order valence-electron chi connectivity index (χ0n) is 14.3. The molecule has 1 fully saturated rings. The Kier molecular flexibility index (Phi) is 4.83. The number of benzene rings is 2. The summed E-state index contributed by atoms with van der Waals surface area (Å²) in [6.45, 7) is 4.90. The van der Waals surface area contributed by atoms with Gasteiger partial charge in [-0.2, -0.15) is 0 Å². The van der Waals surface area contributed by atoms with Gasteiger partial charge >= 0.3 is 0 Å². The van der Waals surface area contributed by atoms with Gasteiger partial charge in [0.05, 0.1) is 18.6 Å². The summed E-state index contributed by atoms with van der Waals surface area (Å²) < 4.78 is 12.1. The van der Waals surface area contributed by atoms with Crippen LogP contribution in [0.4, 0.5) is 0 Å². The minimum atomic E-state index is -0.440. The van der Waals surface area contributed by atoms with E-state index in [2.05, 4.69) is 24.3 Å². The molecule has 1 heterocycles. The summed E-state index contributed by atoms with van der Waals surface area (Å²) in [7, 11) is 0. The maximum Gasteiger partial charge on any atom is 0.158 e. The smallest absolute Gasteiger partial charge is 0.158 e. The molecule has 0 atom stereocenters. The quantitative estimate of drug-likeness (QED) is 0.781. The predicted octanol–water partition coefficient (Wildman–Crippen LogP) is 3.96. The number of carbonyl (C=O) groups is 1. The first-order valence-corrected chi connectivity index (χ1v) is 8.36. The summed E-state index contributed by atoms with van der Waals surface area (Å²) in [5.74, 6) is 0. The summed E-state index contributed by atoms with van der Waals surface area (Å²) in [6.07, 6.45) is 1.19. The molecule has 0 radical (unpaired) electrons. The lowest BCUT2D eigenvalue weighted by Crippen LogP contribution is -2.47. The van der Waals surface area contributed by atoms with Crippen LogP contribution in [-0.2, 0) is 19.7 Å². The van der Waals surface area contributed by atoms with Crippen molar-refractivity contribution in [1.82, 2.24) is 0 Å². The van der Waals surface area contributed by atoms with Crippen molar-refractivity contribution in [2.75, 3.05) is 13.2 Å². The lowest BCUT2D eigenvalue weighted by molar-refractivity contribution is -0.213. The fourth-order valence-corrected chi connectivity index (χ4v) is 3.17. The van der Waals surface area contributed by atoms with Crippen molar-refractivity contribution in [2.24, 2.45) is 5.41 Å². The van der Waals surface area contributed by atoms with Gasteiger partial charge in [-0.3, -0.25) is 0 Å². The van der Waals surface area contributed by atoms with E-state index < -0.39 is 5.41 Å². The molecule has 0 bridgehead atoms. The van der Waals surface area contributed by atoms with Crippen molar-refractivity contribution >= 4 is 6.29 Å². The second-order valence-electron chi connectivity index (χ2n) is 7.18. The van der Waals surface area contributed by atoms with Crippen molar-refractivity contribution in [2.45, 2.75) is 32.0 Å². The van der Waals surface area contributed by atoms with Gasteiger partial charge in [-0.05, 0) is 11.1 Å². The molecule has 0 saturated carbocycles. The Hall–Kier alpha value is -1.97. The third kappa shape index (κ3) is 3.42. The summed E-state index contributed by atoms with van der Waals surface area (Å²) in [6, 6.07) is 20.7. The largest absolute Gasteiger partial charge is 0.351 e. The highest BCUT2D eigenvalue weighted by atomic mass is 16.7. The average Bonchev–Trinajstić information content (AvgIpc) is 2.64. The molecule has 0 N–H and O–H groups in total. The molecule has 3 nitrogen and oxygen atoms in total. The number of rotatable bonds is 5. The monoisotopic (exact) mass is 324 g/mol. The van der Waals surface area contributed by atoms with Gasteiger partial charge in [0.2, 0.25) is 0 Å². The Balaban J connectivity index is 1.86. The van der Waals surface area contributed by atoms with Gasteiger partial charge in [-0.15, -0.1) is 0 Å². The normalized spacial score (nSPS) is 18.2. The zero-order valence-corrected chi connectivity index (χ0v) is 14.3. The third-order valence-corrected chi connectivity index (χ3v) is 4.70. The van der Waals surface area contributed by atoms with Crippen LogP contribution < -0.4 is 0 Å². The van der Waals surface area contributed by atoms with E-state index in [0.717, 1.165) is 6.29 Å². The highest BCUT2D eigenvalue weighted by Crippen LogP contribution is 2.38. The van der Waals surface area contributed by atoms with Gasteiger partial charge in [0.15, 0.2) is 6.29 Å². The molecule has 0 amide bonds. The molecule has 0 unspecified atom stereocenters. The fraction of sp³-hybridized carbons (Fsp3) is 0.381. The molecule has 2 aromatic carbocycles. The molecule has 1 aliphatic rings. The van der Waals surface area contributed by atoms with E-state index in [1.807, 2.05) is 50.2 Å². The van der Waals surface area contributed by atoms with Crippen LogP contribution in [-0.4, -0.2) is 25.8 Å². The fourth-order valence-electron chi connectivity index (χ4n) is 3.17. The summed E-state index contributed by atoms with van der Waals surface area (Å²) >= 11 is 0. The van der Waals surface area contributed by atoms with Crippen LogP contribution in [0.15, 0.2) is 60.7 Å². The number of carbonyl (C=O) groups excluding carboxylic acids is 1. The number of ether oxygens (including phenoxy) is 2. The lowest BCUT2D eigenvalue weighted by Gasteiger charge is -2.42. The Bertz CT molecular complexity index is 614. The Labute approximate surface area is 143 Å². The van der Waals surface area contributed by atoms with Crippen molar-refractivity contribution in [3.8, 4) is 0 Å². The molecular formula is C21H24O3. The Morgan fingerprint density at radius 2 is 1.42 bits per heavy atom. The summed E-state index contributed by atoms with van der Waals surface area (Å²) in [5.41, 5.74) is 1.61. The van der Waals surface area contributed by atoms with Crippen LogP contribution >= 0.6 is 0 Å². The minimum Gasteiger partial charge on any atom is -0.351 e. The molecule has 0 aromatic heterocycles.